The first-order valence-electron chi connectivity index (χ1n) is 10.2. The second-order valence-corrected chi connectivity index (χ2v) is 10.2. The van der Waals surface area contributed by atoms with Crippen LogP contribution in [-0.2, 0) is 14.3 Å². The number of nitrogens with one attached hydrogen (secondary N) is 2. The van der Waals surface area contributed by atoms with Gasteiger partial charge in [-0.25, -0.2) is 9.79 Å². The van der Waals surface area contributed by atoms with Gasteiger partial charge in [0.25, 0.3) is 5.91 Å². The largest absolute Gasteiger partial charge is 0.455 e. The van der Waals surface area contributed by atoms with Crippen molar-refractivity contribution in [3.8, 4) is 11.1 Å². The first-order valence-corrected chi connectivity index (χ1v) is 12.3. The van der Waals surface area contributed by atoms with Crippen LogP contribution in [0.25, 0.3) is 11.1 Å². The fraction of sp³-hybridized carbons (Fsp3) is 0.348. The van der Waals surface area contributed by atoms with Gasteiger partial charge in [0.1, 0.15) is 5.00 Å². The zero-order chi connectivity index (χ0) is 24.0. The fourth-order valence-corrected chi connectivity index (χ4v) is 4.81. The Morgan fingerprint density at radius 1 is 1.18 bits per heavy atom. The predicted octanol–water partition coefficient (Wildman–Crippen LogP) is 3.97. The first-order chi connectivity index (χ1) is 15.6. The SMILES string of the molecule is CC(C)(C)NC(=O)NC(=O)COC(=O)CSCC1=Nc2scc(-c3ccccc3)c2C(=O)C1. The van der Waals surface area contributed by atoms with E-state index in [2.05, 4.69) is 15.6 Å². The molecule has 174 valence electrons. The molecule has 8 nitrogen and oxygen atoms in total. The standard InChI is InChI=1S/C23H25N3O5S2/c1-23(2,3)26-22(30)25-18(28)10-31-19(29)13-32-11-15-9-17(27)20-16(12-33-21(20)24-15)14-7-5-4-6-8-14/h4-8,12H,9-11,13H2,1-3H3,(H2,25,26,28,30). The van der Waals surface area contributed by atoms with Gasteiger partial charge in [0.05, 0.1) is 17.7 Å². The van der Waals surface area contributed by atoms with Gasteiger partial charge in [0, 0.05) is 27.9 Å². The number of amides is 3. The van der Waals surface area contributed by atoms with Crippen molar-refractivity contribution in [1.82, 2.24) is 10.6 Å². The van der Waals surface area contributed by atoms with E-state index >= 15 is 0 Å². The smallest absolute Gasteiger partial charge is 0.321 e. The number of ketones is 1. The van der Waals surface area contributed by atoms with Gasteiger partial charge in [-0.15, -0.1) is 23.1 Å². The number of benzene rings is 1. The summed E-state index contributed by atoms with van der Waals surface area (Å²) < 4.78 is 4.90. The number of thioether (sulfide) groups is 1. The number of imide groups is 1. The molecule has 0 atom stereocenters. The molecule has 2 N–H and O–H groups in total. The Labute approximate surface area is 200 Å². The fourth-order valence-electron chi connectivity index (χ4n) is 3.04. The van der Waals surface area contributed by atoms with Crippen LogP contribution in [0.15, 0.2) is 40.7 Å². The number of ether oxygens (including phenoxy) is 1. The van der Waals surface area contributed by atoms with Crippen LogP contribution in [0.4, 0.5) is 9.80 Å². The Morgan fingerprint density at radius 3 is 2.61 bits per heavy atom. The number of aliphatic imine (C=N–C) groups is 1. The van der Waals surface area contributed by atoms with Crippen molar-refractivity contribution in [3.05, 3.63) is 41.3 Å². The molecule has 1 aromatic carbocycles. The van der Waals surface area contributed by atoms with E-state index in [4.69, 9.17) is 4.74 Å². The number of thiophene rings is 1. The summed E-state index contributed by atoms with van der Waals surface area (Å²) in [6.45, 7) is 4.79. The number of Topliss-reactive ketones (excluding diaryl/α,β-unsaturated/α-hetero) is 1. The molecule has 3 rings (SSSR count). The summed E-state index contributed by atoms with van der Waals surface area (Å²) in [6.07, 6.45) is 0.205. The lowest BCUT2D eigenvalue weighted by Crippen LogP contribution is -2.49. The van der Waals surface area contributed by atoms with E-state index in [0.29, 0.717) is 22.0 Å². The molecular weight excluding hydrogens is 462 g/mol. The zero-order valence-electron chi connectivity index (χ0n) is 18.6. The molecule has 0 unspecified atom stereocenters. The predicted molar refractivity (Wildman–Crippen MR) is 131 cm³/mol. The highest BCUT2D eigenvalue weighted by Crippen LogP contribution is 2.40. The summed E-state index contributed by atoms with van der Waals surface area (Å²) in [5.41, 5.74) is 2.74. The van der Waals surface area contributed by atoms with Crippen LogP contribution in [0.1, 0.15) is 37.6 Å². The summed E-state index contributed by atoms with van der Waals surface area (Å²) in [6, 6.07) is 9.07. The Kier molecular flexibility index (Phi) is 8.04. The molecule has 1 aliphatic rings. The molecule has 33 heavy (non-hydrogen) atoms. The number of carbonyl (C=O) groups is 4. The van der Waals surface area contributed by atoms with E-state index in [-0.39, 0.29) is 18.0 Å². The maximum atomic E-state index is 12.7. The maximum absolute atomic E-state index is 12.7. The van der Waals surface area contributed by atoms with Crippen LogP contribution in [0.2, 0.25) is 0 Å². The molecule has 1 aliphatic heterocycles. The van der Waals surface area contributed by atoms with E-state index in [1.54, 1.807) is 20.8 Å². The van der Waals surface area contributed by atoms with E-state index in [1.807, 2.05) is 35.7 Å². The molecule has 10 heteroatoms. The molecule has 0 bridgehead atoms. The molecular formula is C23H25N3O5S2. The minimum atomic E-state index is -0.711. The summed E-state index contributed by atoms with van der Waals surface area (Å²) in [5.74, 6) is -0.877. The first kappa shape index (κ1) is 24.7. The van der Waals surface area contributed by atoms with Gasteiger partial charge in [-0.1, -0.05) is 30.3 Å². The highest BCUT2D eigenvalue weighted by molar-refractivity contribution is 8.00. The van der Waals surface area contributed by atoms with Gasteiger partial charge in [-0.05, 0) is 26.3 Å². The van der Waals surface area contributed by atoms with Crippen molar-refractivity contribution in [1.29, 1.82) is 0 Å². The minimum absolute atomic E-state index is 0.00123. The van der Waals surface area contributed by atoms with E-state index in [1.165, 1.54) is 23.1 Å². The quantitative estimate of drug-likeness (QED) is 0.571. The van der Waals surface area contributed by atoms with Crippen LogP contribution < -0.4 is 10.6 Å². The second kappa shape index (κ2) is 10.8. The Hall–Kier alpha value is -2.98. The molecule has 0 saturated carbocycles. The molecule has 0 spiro atoms. The lowest BCUT2D eigenvalue weighted by Gasteiger charge is -2.20. The van der Waals surface area contributed by atoms with Gasteiger partial charge in [0.2, 0.25) is 0 Å². The molecule has 3 amide bonds. The molecule has 0 radical (unpaired) electrons. The van der Waals surface area contributed by atoms with Gasteiger partial charge in [-0.2, -0.15) is 0 Å². The number of urea groups is 1. The Morgan fingerprint density at radius 2 is 1.91 bits per heavy atom. The number of fused-ring (bicyclic) bond motifs is 1. The van der Waals surface area contributed by atoms with E-state index in [0.717, 1.165) is 11.1 Å². The van der Waals surface area contributed by atoms with E-state index < -0.39 is 30.1 Å². The minimum Gasteiger partial charge on any atom is -0.455 e. The van der Waals surface area contributed by atoms with E-state index in [9.17, 15) is 19.2 Å². The molecule has 1 aromatic heterocycles. The van der Waals surface area contributed by atoms with Gasteiger partial charge in [0.15, 0.2) is 12.4 Å². The van der Waals surface area contributed by atoms with Crippen LogP contribution in [-0.4, -0.2) is 53.1 Å². The van der Waals surface area contributed by atoms with Crippen LogP contribution >= 0.6 is 23.1 Å². The lowest BCUT2D eigenvalue weighted by molar-refractivity contribution is -0.145. The Balaban J connectivity index is 1.45. The van der Waals surface area contributed by atoms with Crippen LogP contribution in [0.5, 0.6) is 0 Å². The molecule has 0 fully saturated rings. The van der Waals surface area contributed by atoms with Crippen LogP contribution in [0, 0.1) is 0 Å². The molecule has 0 saturated heterocycles. The average Bonchev–Trinajstić information content (AvgIpc) is 3.16. The van der Waals surface area contributed by atoms with Crippen molar-refractivity contribution in [2.24, 2.45) is 4.99 Å². The van der Waals surface area contributed by atoms with Crippen molar-refractivity contribution >= 4 is 57.5 Å². The number of esters is 1. The number of hydrogen-bond donors (Lipinski definition) is 2. The van der Waals surface area contributed by atoms with Crippen molar-refractivity contribution in [3.63, 3.8) is 0 Å². The molecule has 0 aliphatic carbocycles. The van der Waals surface area contributed by atoms with Crippen molar-refractivity contribution < 1.29 is 23.9 Å². The number of nitrogens with zero attached hydrogens (tertiary/aromatic N) is 1. The van der Waals surface area contributed by atoms with Crippen LogP contribution in [0.3, 0.4) is 0 Å². The third-order valence-corrected chi connectivity index (χ3v) is 6.20. The number of carbonyl (C=O) groups excluding carboxylic acids is 4. The average molecular weight is 488 g/mol. The topological polar surface area (TPSA) is 114 Å². The van der Waals surface area contributed by atoms with Gasteiger partial charge < -0.3 is 10.1 Å². The van der Waals surface area contributed by atoms with Gasteiger partial charge in [-0.3, -0.25) is 19.7 Å². The summed E-state index contributed by atoms with van der Waals surface area (Å²) in [4.78, 5) is 52.6. The van der Waals surface area contributed by atoms with Gasteiger partial charge >= 0.3 is 12.0 Å². The van der Waals surface area contributed by atoms with Crippen molar-refractivity contribution in [2.75, 3.05) is 18.1 Å². The highest BCUT2D eigenvalue weighted by Gasteiger charge is 2.26. The summed E-state index contributed by atoms with van der Waals surface area (Å²) in [5, 5.41) is 7.31. The summed E-state index contributed by atoms with van der Waals surface area (Å²) in [7, 11) is 0. The maximum Gasteiger partial charge on any atom is 0.321 e. The molecule has 2 heterocycles. The second-order valence-electron chi connectivity index (χ2n) is 8.38. The summed E-state index contributed by atoms with van der Waals surface area (Å²) >= 11 is 2.68. The highest BCUT2D eigenvalue weighted by atomic mass is 32.2. The van der Waals surface area contributed by atoms with Crippen molar-refractivity contribution in [2.45, 2.75) is 32.7 Å². The third kappa shape index (κ3) is 7.26. The lowest BCUT2D eigenvalue weighted by atomic mass is 9.97. The Bertz CT molecular complexity index is 1090. The normalized spacial score (nSPS) is 13.1. The zero-order valence-corrected chi connectivity index (χ0v) is 20.2. The monoisotopic (exact) mass is 487 g/mol. The number of rotatable bonds is 7. The number of hydrogen-bond acceptors (Lipinski definition) is 8. The third-order valence-electron chi connectivity index (χ3n) is 4.35. The molecule has 2 aromatic rings.